The van der Waals surface area contributed by atoms with E-state index in [4.69, 9.17) is 0 Å². The molecule has 0 bridgehead atoms. The topological polar surface area (TPSA) is 92.9 Å². The van der Waals surface area contributed by atoms with Gasteiger partial charge in [0.05, 0.1) is 17.7 Å². The maximum absolute atomic E-state index is 12.3. The largest absolute Gasteiger partial charge is 0.389 e. The molecule has 2 N–H and O–H groups in total. The molecule has 0 aliphatic carbocycles. The molecule has 0 radical (unpaired) electrons. The van der Waals surface area contributed by atoms with E-state index in [9.17, 15) is 9.90 Å². The molecule has 0 saturated heterocycles. The molecule has 2 rings (SSSR count). The molecule has 1 aromatic heterocycles. The standard InChI is InChI=1S/C17H25N5O2/c1-4-8-17(24,9-5-2)11-16(23)19-14-7-6-13(3)15(10-14)22-12-18-20-21-22/h6-7,10,12,24H,4-5,8-9,11H2,1-3H3,(H,19,23). The molecular formula is C17H25N5O2. The van der Waals surface area contributed by atoms with Crippen LogP contribution >= 0.6 is 0 Å². The zero-order valence-electron chi connectivity index (χ0n) is 14.5. The van der Waals surface area contributed by atoms with Gasteiger partial charge in [-0.25, -0.2) is 4.68 Å². The number of aliphatic hydroxyl groups is 1. The van der Waals surface area contributed by atoms with Crippen LogP contribution in [0.15, 0.2) is 24.5 Å². The Morgan fingerprint density at radius 2 is 2.00 bits per heavy atom. The molecule has 1 aromatic carbocycles. The quantitative estimate of drug-likeness (QED) is 0.775. The highest BCUT2D eigenvalue weighted by Gasteiger charge is 2.28. The van der Waals surface area contributed by atoms with Crippen molar-refractivity contribution in [1.29, 1.82) is 0 Å². The molecule has 1 heterocycles. The highest BCUT2D eigenvalue weighted by Crippen LogP contribution is 2.25. The van der Waals surface area contributed by atoms with Crippen molar-refractivity contribution in [3.8, 4) is 5.69 Å². The number of carbonyl (C=O) groups is 1. The van der Waals surface area contributed by atoms with Crippen molar-refractivity contribution in [2.24, 2.45) is 0 Å². The Balaban J connectivity index is 2.10. The van der Waals surface area contributed by atoms with E-state index >= 15 is 0 Å². The molecule has 0 unspecified atom stereocenters. The van der Waals surface area contributed by atoms with Crippen molar-refractivity contribution in [2.75, 3.05) is 5.32 Å². The number of tetrazole rings is 1. The van der Waals surface area contributed by atoms with E-state index < -0.39 is 5.60 Å². The highest BCUT2D eigenvalue weighted by molar-refractivity contribution is 5.91. The van der Waals surface area contributed by atoms with Gasteiger partial charge in [0.2, 0.25) is 5.91 Å². The number of carbonyl (C=O) groups excluding carboxylic acids is 1. The molecule has 0 fully saturated rings. The van der Waals surface area contributed by atoms with Crippen LogP contribution in [0.2, 0.25) is 0 Å². The van der Waals surface area contributed by atoms with E-state index in [0.29, 0.717) is 18.5 Å². The summed E-state index contributed by atoms with van der Waals surface area (Å²) in [6.07, 6.45) is 4.55. The molecule has 1 amide bonds. The third kappa shape index (κ3) is 4.61. The smallest absolute Gasteiger partial charge is 0.227 e. The summed E-state index contributed by atoms with van der Waals surface area (Å²) in [6.45, 7) is 5.97. The molecule has 0 aliphatic rings. The van der Waals surface area contributed by atoms with Gasteiger partial charge in [0.1, 0.15) is 6.33 Å². The predicted molar refractivity (Wildman–Crippen MR) is 91.9 cm³/mol. The molecule has 7 nitrogen and oxygen atoms in total. The van der Waals surface area contributed by atoms with Gasteiger partial charge >= 0.3 is 0 Å². The average Bonchev–Trinajstić information content (AvgIpc) is 3.03. The number of nitrogens with one attached hydrogen (secondary N) is 1. The Bertz CT molecular complexity index is 664. The van der Waals surface area contributed by atoms with Crippen LogP contribution in [0.5, 0.6) is 0 Å². The van der Waals surface area contributed by atoms with Gasteiger partial charge in [-0.05, 0) is 47.9 Å². The number of hydrogen-bond acceptors (Lipinski definition) is 5. The monoisotopic (exact) mass is 331 g/mol. The predicted octanol–water partition coefficient (Wildman–Crippen LogP) is 2.63. The fourth-order valence-electron chi connectivity index (χ4n) is 2.94. The second-order valence-electron chi connectivity index (χ2n) is 6.20. The SMILES string of the molecule is CCCC(O)(CCC)CC(=O)Nc1ccc(C)c(-n2cnnn2)c1. The lowest BCUT2D eigenvalue weighted by Gasteiger charge is -2.26. The minimum Gasteiger partial charge on any atom is -0.389 e. The van der Waals surface area contributed by atoms with Crippen molar-refractivity contribution in [3.63, 3.8) is 0 Å². The Hall–Kier alpha value is -2.28. The first-order valence-corrected chi connectivity index (χ1v) is 8.33. The minimum atomic E-state index is -0.934. The summed E-state index contributed by atoms with van der Waals surface area (Å²) in [6, 6.07) is 5.55. The number of hydrogen-bond donors (Lipinski definition) is 2. The summed E-state index contributed by atoms with van der Waals surface area (Å²) in [5.41, 5.74) is 1.52. The lowest BCUT2D eigenvalue weighted by molar-refractivity contribution is -0.121. The second kappa shape index (κ2) is 8.01. The number of amides is 1. The van der Waals surface area contributed by atoms with Gasteiger partial charge in [-0.3, -0.25) is 4.79 Å². The Kier molecular flexibility index (Phi) is 6.03. The van der Waals surface area contributed by atoms with Crippen molar-refractivity contribution in [1.82, 2.24) is 20.2 Å². The van der Waals surface area contributed by atoms with Crippen molar-refractivity contribution in [2.45, 2.75) is 58.5 Å². The molecule has 0 spiro atoms. The summed E-state index contributed by atoms with van der Waals surface area (Å²) in [5, 5.41) is 24.6. The number of nitrogens with zero attached hydrogens (tertiary/aromatic N) is 4. The number of aromatic nitrogens is 4. The molecule has 130 valence electrons. The van der Waals surface area contributed by atoms with Crippen LogP contribution in [0, 0.1) is 6.92 Å². The summed E-state index contributed by atoms with van der Waals surface area (Å²) < 4.78 is 1.55. The van der Waals surface area contributed by atoms with Crippen LogP contribution in [0.4, 0.5) is 5.69 Å². The zero-order chi connectivity index (χ0) is 17.6. The van der Waals surface area contributed by atoms with Gasteiger partial charge in [-0.1, -0.05) is 32.8 Å². The van der Waals surface area contributed by atoms with E-state index in [-0.39, 0.29) is 12.3 Å². The van der Waals surface area contributed by atoms with Crippen molar-refractivity contribution < 1.29 is 9.90 Å². The van der Waals surface area contributed by atoms with E-state index in [1.807, 2.05) is 39.0 Å². The molecule has 0 saturated carbocycles. The zero-order valence-corrected chi connectivity index (χ0v) is 14.5. The minimum absolute atomic E-state index is 0.1000. The maximum atomic E-state index is 12.3. The van der Waals surface area contributed by atoms with Gasteiger partial charge in [-0.2, -0.15) is 0 Å². The first-order valence-electron chi connectivity index (χ1n) is 8.33. The number of anilines is 1. The van der Waals surface area contributed by atoms with Gasteiger partial charge in [-0.15, -0.1) is 5.10 Å². The molecule has 7 heteroatoms. The molecular weight excluding hydrogens is 306 g/mol. The summed E-state index contributed by atoms with van der Waals surface area (Å²) in [4.78, 5) is 12.3. The van der Waals surface area contributed by atoms with Gasteiger partial charge in [0.25, 0.3) is 0 Å². The lowest BCUT2D eigenvalue weighted by Crippen LogP contribution is -2.33. The number of benzene rings is 1. The second-order valence-corrected chi connectivity index (χ2v) is 6.20. The maximum Gasteiger partial charge on any atom is 0.227 e. The normalized spacial score (nSPS) is 11.5. The molecule has 2 aromatic rings. The van der Waals surface area contributed by atoms with Crippen molar-refractivity contribution >= 4 is 11.6 Å². The van der Waals surface area contributed by atoms with Crippen LogP contribution in [0.1, 0.15) is 51.5 Å². The summed E-state index contributed by atoms with van der Waals surface area (Å²) >= 11 is 0. The van der Waals surface area contributed by atoms with E-state index in [0.717, 1.165) is 24.1 Å². The van der Waals surface area contributed by atoms with Crippen LogP contribution in [-0.2, 0) is 4.79 Å². The number of aryl methyl sites for hydroxylation is 1. The first kappa shape index (κ1) is 18.1. The summed E-state index contributed by atoms with van der Waals surface area (Å²) in [7, 11) is 0. The van der Waals surface area contributed by atoms with Gasteiger partial charge in [0, 0.05) is 5.69 Å². The van der Waals surface area contributed by atoms with Crippen LogP contribution in [0.25, 0.3) is 5.69 Å². The van der Waals surface area contributed by atoms with Gasteiger partial charge in [0.15, 0.2) is 0 Å². The fraction of sp³-hybridized carbons (Fsp3) is 0.529. The third-order valence-corrected chi connectivity index (χ3v) is 4.01. The summed E-state index contributed by atoms with van der Waals surface area (Å²) in [5.74, 6) is -0.189. The fourth-order valence-corrected chi connectivity index (χ4v) is 2.94. The van der Waals surface area contributed by atoms with E-state index in [2.05, 4.69) is 20.8 Å². The molecule has 24 heavy (non-hydrogen) atoms. The van der Waals surface area contributed by atoms with Crippen LogP contribution in [0.3, 0.4) is 0 Å². The highest BCUT2D eigenvalue weighted by atomic mass is 16.3. The Morgan fingerprint density at radius 3 is 2.58 bits per heavy atom. The molecule has 0 aliphatic heterocycles. The van der Waals surface area contributed by atoms with E-state index in [1.54, 1.807) is 4.68 Å². The molecule has 0 atom stereocenters. The lowest BCUT2D eigenvalue weighted by atomic mass is 9.89. The Morgan fingerprint density at radius 1 is 1.29 bits per heavy atom. The first-order chi connectivity index (χ1) is 11.5. The van der Waals surface area contributed by atoms with Crippen molar-refractivity contribution in [3.05, 3.63) is 30.1 Å². The van der Waals surface area contributed by atoms with Crippen LogP contribution < -0.4 is 5.32 Å². The van der Waals surface area contributed by atoms with Crippen LogP contribution in [-0.4, -0.2) is 36.8 Å². The average molecular weight is 331 g/mol. The number of rotatable bonds is 8. The van der Waals surface area contributed by atoms with E-state index in [1.165, 1.54) is 6.33 Å². The Labute approximate surface area is 142 Å². The third-order valence-electron chi connectivity index (χ3n) is 4.01. The van der Waals surface area contributed by atoms with Gasteiger partial charge < -0.3 is 10.4 Å².